The number of amides is 1. The Balaban J connectivity index is 1.57. The Hall–Kier alpha value is -1.26. The van der Waals surface area contributed by atoms with E-state index in [0.717, 1.165) is 6.54 Å². The molecule has 2 heterocycles. The molecule has 2 fully saturated rings. The van der Waals surface area contributed by atoms with E-state index in [1.165, 1.54) is 25.7 Å². The van der Waals surface area contributed by atoms with E-state index in [4.69, 9.17) is 17.3 Å². The second-order valence-corrected chi connectivity index (χ2v) is 6.81. The first-order chi connectivity index (χ1) is 10.0. The number of carbonyl (C=O) groups is 1. The molecule has 0 saturated carbocycles. The van der Waals surface area contributed by atoms with Crippen molar-refractivity contribution in [1.82, 2.24) is 10.2 Å². The van der Waals surface area contributed by atoms with E-state index in [2.05, 4.69) is 17.3 Å². The number of anilines is 1. The van der Waals surface area contributed by atoms with Gasteiger partial charge in [0.2, 0.25) is 0 Å². The van der Waals surface area contributed by atoms with Gasteiger partial charge in [0.25, 0.3) is 5.91 Å². The summed E-state index contributed by atoms with van der Waals surface area (Å²) in [6.45, 7) is 0.742. The molecular formula is C16H22ClN3O. The standard InChI is InChI=1S/C16H22ClN3O/c1-20-14-2-3-15(20)5-10(4-14)9-19-16(21)11-6-12(17)8-13(18)7-11/h6-8,10,14-15H,2-5,9,18H2,1H3,(H,19,21). The van der Waals surface area contributed by atoms with Crippen LogP contribution >= 0.6 is 11.6 Å². The van der Waals surface area contributed by atoms with E-state index in [9.17, 15) is 4.79 Å². The molecule has 2 bridgehead atoms. The minimum atomic E-state index is -0.0875. The molecule has 2 aliphatic rings. The lowest BCUT2D eigenvalue weighted by atomic mass is 9.91. The quantitative estimate of drug-likeness (QED) is 0.844. The number of benzene rings is 1. The maximum absolute atomic E-state index is 12.2. The Kier molecular flexibility index (Phi) is 4.09. The molecular weight excluding hydrogens is 286 g/mol. The summed E-state index contributed by atoms with van der Waals surface area (Å²) in [5.41, 5.74) is 6.78. The zero-order chi connectivity index (χ0) is 15.0. The summed E-state index contributed by atoms with van der Waals surface area (Å²) >= 11 is 5.94. The van der Waals surface area contributed by atoms with Crippen LogP contribution in [0.3, 0.4) is 0 Å². The van der Waals surface area contributed by atoms with Crippen molar-refractivity contribution < 1.29 is 4.79 Å². The van der Waals surface area contributed by atoms with Gasteiger partial charge in [0.15, 0.2) is 0 Å². The number of hydrogen-bond acceptors (Lipinski definition) is 3. The molecule has 4 nitrogen and oxygen atoms in total. The van der Waals surface area contributed by atoms with E-state index in [0.29, 0.717) is 34.3 Å². The van der Waals surface area contributed by atoms with E-state index in [-0.39, 0.29) is 5.91 Å². The van der Waals surface area contributed by atoms with Crippen LogP contribution in [0, 0.1) is 5.92 Å². The fourth-order valence-electron chi connectivity index (χ4n) is 3.77. The Morgan fingerprint density at radius 3 is 2.62 bits per heavy atom. The molecule has 1 aromatic rings. The third-order valence-corrected chi connectivity index (χ3v) is 5.15. The third-order valence-electron chi connectivity index (χ3n) is 4.93. The summed E-state index contributed by atoms with van der Waals surface area (Å²) in [7, 11) is 2.23. The molecule has 21 heavy (non-hydrogen) atoms. The lowest BCUT2D eigenvalue weighted by molar-refractivity contribution is 0.0917. The number of hydrogen-bond donors (Lipinski definition) is 2. The maximum atomic E-state index is 12.2. The van der Waals surface area contributed by atoms with Crippen LogP contribution in [0.4, 0.5) is 5.69 Å². The van der Waals surface area contributed by atoms with Crippen LogP contribution in [0.25, 0.3) is 0 Å². The monoisotopic (exact) mass is 307 g/mol. The summed E-state index contributed by atoms with van der Waals surface area (Å²) in [5, 5.41) is 3.53. The maximum Gasteiger partial charge on any atom is 0.251 e. The molecule has 3 rings (SSSR count). The van der Waals surface area contributed by atoms with Crippen molar-refractivity contribution in [2.45, 2.75) is 37.8 Å². The molecule has 3 N–H and O–H groups in total. The first-order valence-corrected chi connectivity index (χ1v) is 7.97. The zero-order valence-corrected chi connectivity index (χ0v) is 13.1. The van der Waals surface area contributed by atoms with Gasteiger partial charge in [0.05, 0.1) is 0 Å². The topological polar surface area (TPSA) is 58.4 Å². The summed E-state index contributed by atoms with van der Waals surface area (Å²) in [4.78, 5) is 14.7. The van der Waals surface area contributed by atoms with Gasteiger partial charge < -0.3 is 16.0 Å². The second kappa shape index (κ2) is 5.85. The second-order valence-electron chi connectivity index (χ2n) is 6.37. The van der Waals surface area contributed by atoms with Crippen molar-refractivity contribution in [3.8, 4) is 0 Å². The van der Waals surface area contributed by atoms with E-state index in [1.807, 2.05) is 0 Å². The van der Waals surface area contributed by atoms with Gasteiger partial charge in [-0.2, -0.15) is 0 Å². The van der Waals surface area contributed by atoms with Crippen molar-refractivity contribution in [2.24, 2.45) is 5.92 Å². The highest BCUT2D eigenvalue weighted by Crippen LogP contribution is 2.37. The number of piperidine rings is 1. The molecule has 0 radical (unpaired) electrons. The summed E-state index contributed by atoms with van der Waals surface area (Å²) < 4.78 is 0. The SMILES string of the molecule is CN1C2CCC1CC(CNC(=O)c1cc(N)cc(Cl)c1)C2. The van der Waals surface area contributed by atoms with Crippen LogP contribution in [-0.2, 0) is 0 Å². The number of nitrogen functional groups attached to an aromatic ring is 1. The Morgan fingerprint density at radius 1 is 1.33 bits per heavy atom. The van der Waals surface area contributed by atoms with Crippen molar-refractivity contribution in [3.05, 3.63) is 28.8 Å². The minimum absolute atomic E-state index is 0.0875. The normalized spacial score (nSPS) is 28.6. The molecule has 114 valence electrons. The van der Waals surface area contributed by atoms with Crippen molar-refractivity contribution >= 4 is 23.2 Å². The van der Waals surface area contributed by atoms with Gasteiger partial charge in [-0.1, -0.05) is 11.6 Å². The molecule has 2 aliphatic heterocycles. The van der Waals surface area contributed by atoms with Crippen LogP contribution in [0.5, 0.6) is 0 Å². The fourth-order valence-corrected chi connectivity index (χ4v) is 4.02. The first kappa shape index (κ1) is 14.7. The highest BCUT2D eigenvalue weighted by Gasteiger charge is 2.38. The lowest BCUT2D eigenvalue weighted by Gasteiger charge is -2.36. The highest BCUT2D eigenvalue weighted by atomic mass is 35.5. The van der Waals surface area contributed by atoms with Crippen LogP contribution in [0.15, 0.2) is 18.2 Å². The summed E-state index contributed by atoms with van der Waals surface area (Å²) in [6.07, 6.45) is 4.98. The van der Waals surface area contributed by atoms with Gasteiger partial charge in [-0.05, 0) is 56.8 Å². The zero-order valence-electron chi connectivity index (χ0n) is 12.3. The predicted molar refractivity (Wildman–Crippen MR) is 85.5 cm³/mol. The van der Waals surface area contributed by atoms with Crippen molar-refractivity contribution in [2.75, 3.05) is 19.3 Å². The molecule has 0 aromatic heterocycles. The lowest BCUT2D eigenvalue weighted by Crippen LogP contribution is -2.43. The Bertz CT molecular complexity index is 514. The summed E-state index contributed by atoms with van der Waals surface area (Å²) in [6, 6.07) is 6.37. The number of nitrogens with one attached hydrogen (secondary N) is 1. The molecule has 0 aliphatic carbocycles. The van der Waals surface area contributed by atoms with Gasteiger partial charge in [-0.15, -0.1) is 0 Å². The van der Waals surface area contributed by atoms with Gasteiger partial charge in [0, 0.05) is 34.9 Å². The fraction of sp³-hybridized carbons (Fsp3) is 0.562. The van der Waals surface area contributed by atoms with E-state index in [1.54, 1.807) is 18.2 Å². The van der Waals surface area contributed by atoms with E-state index < -0.39 is 0 Å². The predicted octanol–water partition coefficient (Wildman–Crippen LogP) is 2.52. The number of nitrogens with two attached hydrogens (primary N) is 1. The van der Waals surface area contributed by atoms with Crippen LogP contribution in [0.1, 0.15) is 36.0 Å². The average molecular weight is 308 g/mol. The van der Waals surface area contributed by atoms with Crippen molar-refractivity contribution in [1.29, 1.82) is 0 Å². The minimum Gasteiger partial charge on any atom is -0.399 e. The molecule has 1 amide bonds. The van der Waals surface area contributed by atoms with Crippen LogP contribution in [0.2, 0.25) is 5.02 Å². The molecule has 2 saturated heterocycles. The van der Waals surface area contributed by atoms with Gasteiger partial charge in [0.1, 0.15) is 0 Å². The number of halogens is 1. The average Bonchev–Trinajstić information content (AvgIpc) is 2.65. The van der Waals surface area contributed by atoms with Gasteiger partial charge in [-0.3, -0.25) is 4.79 Å². The molecule has 0 spiro atoms. The number of rotatable bonds is 3. The summed E-state index contributed by atoms with van der Waals surface area (Å²) in [5.74, 6) is 0.495. The number of fused-ring (bicyclic) bond motifs is 2. The smallest absolute Gasteiger partial charge is 0.251 e. The van der Waals surface area contributed by atoms with Crippen molar-refractivity contribution in [3.63, 3.8) is 0 Å². The third kappa shape index (κ3) is 3.16. The molecule has 2 atom stereocenters. The highest BCUT2D eigenvalue weighted by molar-refractivity contribution is 6.31. The van der Waals surface area contributed by atoms with Crippen LogP contribution < -0.4 is 11.1 Å². The Labute approximate surface area is 130 Å². The molecule has 1 aromatic carbocycles. The first-order valence-electron chi connectivity index (χ1n) is 7.59. The van der Waals surface area contributed by atoms with Crippen LogP contribution in [-0.4, -0.2) is 36.5 Å². The van der Waals surface area contributed by atoms with Gasteiger partial charge in [-0.25, -0.2) is 0 Å². The van der Waals surface area contributed by atoms with Gasteiger partial charge >= 0.3 is 0 Å². The number of carbonyl (C=O) groups excluding carboxylic acids is 1. The Morgan fingerprint density at radius 2 is 2.00 bits per heavy atom. The number of nitrogens with zero attached hydrogens (tertiary/aromatic N) is 1. The molecule has 2 unspecified atom stereocenters. The largest absolute Gasteiger partial charge is 0.399 e. The molecule has 5 heteroatoms. The van der Waals surface area contributed by atoms with E-state index >= 15 is 0 Å².